The Hall–Kier alpha value is -2.38. The number of hydrogen-bond acceptors (Lipinski definition) is 4. The second kappa shape index (κ2) is 7.88. The number of amides is 1. The van der Waals surface area contributed by atoms with E-state index >= 15 is 0 Å². The van der Waals surface area contributed by atoms with Crippen molar-refractivity contribution in [3.05, 3.63) is 60.2 Å². The first-order valence-corrected chi connectivity index (χ1v) is 9.96. The summed E-state index contributed by atoms with van der Waals surface area (Å²) in [6, 6.07) is 14.9. The van der Waals surface area contributed by atoms with E-state index in [4.69, 9.17) is 4.74 Å². The van der Waals surface area contributed by atoms with Gasteiger partial charge in [0, 0.05) is 25.8 Å². The van der Waals surface area contributed by atoms with Gasteiger partial charge in [-0.3, -0.25) is 9.10 Å². The van der Waals surface area contributed by atoms with E-state index in [0.717, 1.165) is 19.4 Å². The van der Waals surface area contributed by atoms with Gasteiger partial charge in [-0.2, -0.15) is 0 Å². The van der Waals surface area contributed by atoms with Crippen molar-refractivity contribution >= 4 is 21.6 Å². The Kier molecular flexibility index (Phi) is 5.58. The Morgan fingerprint density at radius 2 is 1.96 bits per heavy atom. The van der Waals surface area contributed by atoms with Crippen LogP contribution in [0.1, 0.15) is 23.2 Å². The molecule has 1 saturated heterocycles. The monoisotopic (exact) mass is 374 g/mol. The zero-order valence-electron chi connectivity index (χ0n) is 14.6. The van der Waals surface area contributed by atoms with Gasteiger partial charge in [0.15, 0.2) is 0 Å². The van der Waals surface area contributed by atoms with E-state index in [9.17, 15) is 13.2 Å². The van der Waals surface area contributed by atoms with Crippen molar-refractivity contribution in [2.24, 2.45) is 0 Å². The van der Waals surface area contributed by atoms with E-state index < -0.39 is 10.0 Å². The van der Waals surface area contributed by atoms with Crippen LogP contribution in [0, 0.1) is 0 Å². The fraction of sp³-hybridized carbons (Fsp3) is 0.316. The maximum Gasteiger partial charge on any atom is 0.264 e. The van der Waals surface area contributed by atoms with Crippen molar-refractivity contribution in [2.75, 3.05) is 24.5 Å². The third-order valence-electron chi connectivity index (χ3n) is 4.39. The quantitative estimate of drug-likeness (QED) is 0.843. The summed E-state index contributed by atoms with van der Waals surface area (Å²) in [5.74, 6) is -0.306. The summed E-state index contributed by atoms with van der Waals surface area (Å²) < 4.78 is 32.4. The minimum atomic E-state index is -3.75. The Balaban J connectivity index is 1.76. The van der Waals surface area contributed by atoms with Gasteiger partial charge in [-0.05, 0) is 43.2 Å². The van der Waals surface area contributed by atoms with Crippen molar-refractivity contribution in [1.82, 2.24) is 5.32 Å². The van der Waals surface area contributed by atoms with Crippen LogP contribution in [0.2, 0.25) is 0 Å². The van der Waals surface area contributed by atoms with E-state index in [1.54, 1.807) is 36.4 Å². The predicted molar refractivity (Wildman–Crippen MR) is 99.8 cm³/mol. The lowest BCUT2D eigenvalue weighted by Gasteiger charge is -2.19. The van der Waals surface area contributed by atoms with E-state index in [1.807, 2.05) is 6.07 Å². The molecule has 0 spiro atoms. The summed E-state index contributed by atoms with van der Waals surface area (Å²) in [5.41, 5.74) is 0.867. The van der Waals surface area contributed by atoms with E-state index in [-0.39, 0.29) is 16.9 Å². The number of para-hydroxylation sites is 1. The van der Waals surface area contributed by atoms with Crippen LogP contribution in [0.3, 0.4) is 0 Å². The van der Waals surface area contributed by atoms with Crippen molar-refractivity contribution in [3.63, 3.8) is 0 Å². The van der Waals surface area contributed by atoms with Crippen molar-refractivity contribution in [1.29, 1.82) is 0 Å². The van der Waals surface area contributed by atoms with Crippen molar-refractivity contribution in [2.45, 2.75) is 23.8 Å². The highest BCUT2D eigenvalue weighted by atomic mass is 32.2. The molecule has 26 heavy (non-hydrogen) atoms. The number of carbonyl (C=O) groups is 1. The number of sulfonamides is 1. The smallest absolute Gasteiger partial charge is 0.264 e. The molecule has 0 radical (unpaired) electrons. The first-order valence-electron chi connectivity index (χ1n) is 8.52. The van der Waals surface area contributed by atoms with Gasteiger partial charge in [-0.15, -0.1) is 0 Å². The van der Waals surface area contributed by atoms with E-state index in [2.05, 4.69) is 5.32 Å². The Morgan fingerprint density at radius 3 is 2.65 bits per heavy atom. The molecular weight excluding hydrogens is 352 g/mol. The second-order valence-corrected chi connectivity index (χ2v) is 8.15. The number of ether oxygens (including phenoxy) is 1. The zero-order valence-corrected chi connectivity index (χ0v) is 15.4. The van der Waals surface area contributed by atoms with Crippen LogP contribution in [0.25, 0.3) is 0 Å². The Bertz CT molecular complexity index is 862. The molecule has 0 saturated carbocycles. The maximum absolute atomic E-state index is 12.8. The van der Waals surface area contributed by atoms with Crippen LogP contribution in [-0.4, -0.2) is 40.6 Å². The van der Waals surface area contributed by atoms with Crippen LogP contribution in [0.4, 0.5) is 5.69 Å². The molecular formula is C19H22N2O4S. The zero-order chi connectivity index (χ0) is 18.6. The average molecular weight is 374 g/mol. The molecule has 2 aromatic carbocycles. The molecule has 7 heteroatoms. The second-order valence-electron chi connectivity index (χ2n) is 6.18. The molecule has 1 aliphatic rings. The topological polar surface area (TPSA) is 75.7 Å². The van der Waals surface area contributed by atoms with Gasteiger partial charge in [0.1, 0.15) is 0 Å². The summed E-state index contributed by atoms with van der Waals surface area (Å²) in [5, 5.41) is 2.81. The summed E-state index contributed by atoms with van der Waals surface area (Å²) in [6.45, 7) is 1.15. The lowest BCUT2D eigenvalue weighted by atomic mass is 10.2. The fourth-order valence-electron chi connectivity index (χ4n) is 2.85. The molecule has 3 rings (SSSR count). The number of carbonyl (C=O) groups excluding carboxylic acids is 1. The molecule has 0 unspecified atom stereocenters. The third-order valence-corrected chi connectivity index (χ3v) is 6.17. The molecule has 1 atom stereocenters. The number of benzene rings is 2. The molecule has 0 bridgehead atoms. The highest BCUT2D eigenvalue weighted by molar-refractivity contribution is 7.92. The lowest BCUT2D eigenvalue weighted by molar-refractivity contribution is 0.0857. The van der Waals surface area contributed by atoms with E-state index in [0.29, 0.717) is 17.8 Å². The first-order chi connectivity index (χ1) is 12.5. The fourth-order valence-corrected chi connectivity index (χ4v) is 4.09. The summed E-state index contributed by atoms with van der Waals surface area (Å²) >= 11 is 0. The summed E-state index contributed by atoms with van der Waals surface area (Å²) in [4.78, 5) is 12.4. The van der Waals surface area contributed by atoms with Crippen LogP contribution >= 0.6 is 0 Å². The van der Waals surface area contributed by atoms with Crippen molar-refractivity contribution < 1.29 is 17.9 Å². The Labute approximate surface area is 153 Å². The standard InChI is InChI=1S/C19H22N2O4S/c1-21(16-8-3-2-4-9-16)26(23,24)18-11-5-7-15(13-18)19(22)20-14-17-10-6-12-25-17/h2-5,7-9,11,13,17H,6,10,12,14H2,1H3,(H,20,22)/t17-/m1/s1. The number of hydrogen-bond donors (Lipinski definition) is 1. The minimum Gasteiger partial charge on any atom is -0.376 e. The predicted octanol–water partition coefficient (Wildman–Crippen LogP) is 2.42. The highest BCUT2D eigenvalue weighted by Gasteiger charge is 2.23. The average Bonchev–Trinajstić information content (AvgIpc) is 3.20. The molecule has 0 aliphatic carbocycles. The number of rotatable bonds is 6. The summed E-state index contributed by atoms with van der Waals surface area (Å²) in [6.07, 6.45) is 1.96. The number of nitrogens with zero attached hydrogens (tertiary/aromatic N) is 1. The van der Waals surface area contributed by atoms with Crippen molar-refractivity contribution in [3.8, 4) is 0 Å². The summed E-state index contributed by atoms with van der Waals surface area (Å²) in [7, 11) is -2.26. The molecule has 1 amide bonds. The lowest BCUT2D eigenvalue weighted by Crippen LogP contribution is -2.32. The molecule has 2 aromatic rings. The third kappa shape index (κ3) is 4.05. The van der Waals surface area contributed by atoms with Gasteiger partial charge >= 0.3 is 0 Å². The number of anilines is 1. The van der Waals surface area contributed by atoms with Gasteiger partial charge in [0.25, 0.3) is 15.9 Å². The first kappa shape index (κ1) is 18.4. The van der Waals surface area contributed by atoms with Crippen LogP contribution in [-0.2, 0) is 14.8 Å². The van der Waals surface area contributed by atoms with Gasteiger partial charge in [-0.25, -0.2) is 8.42 Å². The largest absolute Gasteiger partial charge is 0.376 e. The Morgan fingerprint density at radius 1 is 1.19 bits per heavy atom. The molecule has 1 aliphatic heterocycles. The minimum absolute atomic E-state index is 0.0371. The SMILES string of the molecule is CN(c1ccccc1)S(=O)(=O)c1cccc(C(=O)NC[C@H]2CCCO2)c1. The van der Waals surface area contributed by atoms with Gasteiger partial charge in [-0.1, -0.05) is 24.3 Å². The molecule has 6 nitrogen and oxygen atoms in total. The van der Waals surface area contributed by atoms with Gasteiger partial charge < -0.3 is 10.1 Å². The van der Waals surface area contributed by atoms with Crippen LogP contribution < -0.4 is 9.62 Å². The molecule has 1 fully saturated rings. The van der Waals surface area contributed by atoms with Crippen LogP contribution in [0.5, 0.6) is 0 Å². The molecule has 1 heterocycles. The maximum atomic E-state index is 12.8. The molecule has 0 aromatic heterocycles. The molecule has 1 N–H and O–H groups in total. The number of nitrogens with one attached hydrogen (secondary N) is 1. The van der Waals surface area contributed by atoms with Gasteiger partial charge in [0.2, 0.25) is 0 Å². The highest BCUT2D eigenvalue weighted by Crippen LogP contribution is 2.22. The molecule has 138 valence electrons. The van der Waals surface area contributed by atoms with E-state index in [1.165, 1.54) is 23.5 Å². The van der Waals surface area contributed by atoms with Gasteiger partial charge in [0.05, 0.1) is 16.7 Å². The van der Waals surface area contributed by atoms with Crippen LogP contribution in [0.15, 0.2) is 59.5 Å². The normalized spacial score (nSPS) is 17.0.